The fourth-order valence-corrected chi connectivity index (χ4v) is 6.23. The first-order valence-electron chi connectivity index (χ1n) is 11.5. The number of sulfonamides is 1. The van der Waals surface area contributed by atoms with E-state index in [1.54, 1.807) is 47.9 Å². The van der Waals surface area contributed by atoms with Gasteiger partial charge in [-0.2, -0.15) is 0 Å². The molecule has 7 nitrogen and oxygen atoms in total. The molecule has 0 fully saturated rings. The smallest absolute Gasteiger partial charge is 0.308 e. The summed E-state index contributed by atoms with van der Waals surface area (Å²) in [4.78, 5) is 12.6. The van der Waals surface area contributed by atoms with Crippen molar-refractivity contribution >= 4 is 43.2 Å². The van der Waals surface area contributed by atoms with Gasteiger partial charge in [0, 0.05) is 11.1 Å². The van der Waals surface area contributed by atoms with Crippen molar-refractivity contribution in [3.8, 4) is 11.5 Å². The fourth-order valence-electron chi connectivity index (χ4n) is 3.84. The first-order valence-corrected chi connectivity index (χ1v) is 14.2. The zero-order valence-corrected chi connectivity index (χ0v) is 22.5. The molecule has 4 aromatic rings. The van der Waals surface area contributed by atoms with Crippen molar-refractivity contribution in [1.82, 2.24) is 9.29 Å². The summed E-state index contributed by atoms with van der Waals surface area (Å²) in [6.07, 6.45) is 0. The molecule has 1 heterocycles. The second kappa shape index (κ2) is 11.0. The lowest BCUT2D eigenvalue weighted by Gasteiger charge is -2.18. The Bertz CT molecular complexity index is 1530. The minimum absolute atomic E-state index is 0.0951. The predicted molar refractivity (Wildman–Crippen MR) is 144 cm³/mol. The van der Waals surface area contributed by atoms with Gasteiger partial charge in [0.05, 0.1) is 34.9 Å². The number of nitrogens with zero attached hydrogens (tertiary/aromatic N) is 1. The Hall–Kier alpha value is -2.85. The number of nitrogens with one attached hydrogen (secondary N) is 1. The molecule has 1 atom stereocenters. The van der Waals surface area contributed by atoms with Crippen molar-refractivity contribution < 1.29 is 17.9 Å². The van der Waals surface area contributed by atoms with E-state index >= 15 is 0 Å². The van der Waals surface area contributed by atoms with Crippen molar-refractivity contribution in [3.63, 3.8) is 0 Å². The van der Waals surface area contributed by atoms with Crippen LogP contribution in [0.25, 0.3) is 10.2 Å². The molecule has 1 N–H and O–H groups in total. The van der Waals surface area contributed by atoms with Gasteiger partial charge in [0.1, 0.15) is 0 Å². The quantitative estimate of drug-likeness (QED) is 0.280. The van der Waals surface area contributed by atoms with Crippen LogP contribution in [0.3, 0.4) is 0 Å². The molecule has 1 aromatic heterocycles. The number of benzene rings is 3. The van der Waals surface area contributed by atoms with Gasteiger partial charge in [-0.3, -0.25) is 9.36 Å². The van der Waals surface area contributed by atoms with Crippen molar-refractivity contribution in [2.45, 2.75) is 38.3 Å². The van der Waals surface area contributed by atoms with Gasteiger partial charge in [-0.05, 0) is 74.4 Å². The summed E-state index contributed by atoms with van der Waals surface area (Å²) in [5.41, 5.74) is 2.35. The molecular weight excluding hydrogens is 520 g/mol. The van der Waals surface area contributed by atoms with Gasteiger partial charge >= 0.3 is 4.87 Å². The highest BCUT2D eigenvalue weighted by Gasteiger charge is 2.21. The Labute approximate surface area is 219 Å². The van der Waals surface area contributed by atoms with E-state index in [4.69, 9.17) is 21.1 Å². The molecule has 0 aliphatic rings. The molecule has 4 rings (SSSR count). The lowest BCUT2D eigenvalue weighted by Crippen LogP contribution is -2.27. The van der Waals surface area contributed by atoms with E-state index in [0.717, 1.165) is 22.5 Å². The van der Waals surface area contributed by atoms with Crippen LogP contribution in [0.5, 0.6) is 11.5 Å². The number of hydrogen-bond donors (Lipinski definition) is 1. The number of fused-ring (bicyclic) bond motifs is 1. The third kappa shape index (κ3) is 5.75. The molecule has 10 heteroatoms. The second-order valence-corrected chi connectivity index (χ2v) is 11.3. The SMILES string of the molecule is CCOc1ccc([C@H](C)NS(=O)(=O)c2ccc3c(c2)sc(=O)n3Cc2ccc(Cl)cc2)cc1OCC. The molecular formula is C26H27ClN2O5S2. The zero-order valence-electron chi connectivity index (χ0n) is 20.2. The van der Waals surface area contributed by atoms with Gasteiger partial charge in [-0.1, -0.05) is 41.1 Å². The average molecular weight is 547 g/mol. The average Bonchev–Trinajstić information content (AvgIpc) is 3.15. The maximum Gasteiger partial charge on any atom is 0.308 e. The summed E-state index contributed by atoms with van der Waals surface area (Å²) in [5, 5.41) is 0.622. The summed E-state index contributed by atoms with van der Waals surface area (Å²) < 4.78 is 42.6. The van der Waals surface area contributed by atoms with Crippen LogP contribution in [0, 0.1) is 0 Å². The van der Waals surface area contributed by atoms with Gasteiger partial charge in [0.15, 0.2) is 11.5 Å². The molecule has 0 saturated carbocycles. The van der Waals surface area contributed by atoms with E-state index < -0.39 is 16.1 Å². The minimum Gasteiger partial charge on any atom is -0.490 e. The second-order valence-electron chi connectivity index (χ2n) is 8.13. The normalized spacial score (nSPS) is 12.6. The maximum atomic E-state index is 13.2. The molecule has 0 spiro atoms. The third-order valence-corrected chi connectivity index (χ3v) is 8.34. The fraction of sp³-hybridized carbons (Fsp3) is 0.269. The van der Waals surface area contributed by atoms with Gasteiger partial charge in [0.2, 0.25) is 10.0 Å². The number of aromatic nitrogens is 1. The lowest BCUT2D eigenvalue weighted by molar-refractivity contribution is 0.287. The lowest BCUT2D eigenvalue weighted by atomic mass is 10.1. The summed E-state index contributed by atoms with van der Waals surface area (Å²) in [6.45, 7) is 6.86. The highest BCUT2D eigenvalue weighted by Crippen LogP contribution is 2.31. The number of halogens is 1. The first-order chi connectivity index (χ1) is 17.2. The predicted octanol–water partition coefficient (Wildman–Crippen LogP) is 5.60. The summed E-state index contributed by atoms with van der Waals surface area (Å²) >= 11 is 6.97. The molecule has 0 unspecified atom stereocenters. The van der Waals surface area contributed by atoms with Crippen LogP contribution in [0.2, 0.25) is 5.02 Å². The minimum atomic E-state index is -3.85. The van der Waals surface area contributed by atoms with Gasteiger partial charge in [0.25, 0.3) is 0 Å². The van der Waals surface area contributed by atoms with E-state index in [9.17, 15) is 13.2 Å². The summed E-state index contributed by atoms with van der Waals surface area (Å²) in [7, 11) is -3.85. The van der Waals surface area contributed by atoms with Gasteiger partial charge in [-0.25, -0.2) is 13.1 Å². The van der Waals surface area contributed by atoms with E-state index in [0.29, 0.717) is 46.5 Å². The molecule has 190 valence electrons. The first kappa shape index (κ1) is 26.2. The zero-order chi connectivity index (χ0) is 25.9. The number of thiazole rings is 1. The van der Waals surface area contributed by atoms with Crippen molar-refractivity contribution in [2.24, 2.45) is 0 Å². The number of rotatable bonds is 10. The molecule has 0 radical (unpaired) electrons. The summed E-state index contributed by atoms with van der Waals surface area (Å²) in [5.74, 6) is 1.18. The van der Waals surface area contributed by atoms with Crippen LogP contribution in [-0.2, 0) is 16.6 Å². The van der Waals surface area contributed by atoms with E-state index in [-0.39, 0.29) is 9.77 Å². The highest BCUT2D eigenvalue weighted by atomic mass is 35.5. The van der Waals surface area contributed by atoms with Crippen molar-refractivity contribution in [2.75, 3.05) is 13.2 Å². The standard InChI is InChI=1S/C26H27ClN2O5S2/c1-4-33-23-13-8-19(14-24(23)34-5-2)17(3)28-36(31,32)21-11-12-22-25(15-21)35-26(30)29(22)16-18-6-9-20(27)10-7-18/h6-15,17,28H,4-5,16H2,1-3H3/t17-/m0/s1. The molecule has 0 aliphatic carbocycles. The van der Waals surface area contributed by atoms with Crippen molar-refractivity contribution in [1.29, 1.82) is 0 Å². The van der Waals surface area contributed by atoms with Crippen LogP contribution in [0.1, 0.15) is 37.9 Å². The maximum absolute atomic E-state index is 13.2. The van der Waals surface area contributed by atoms with Crippen molar-refractivity contribution in [3.05, 3.63) is 86.5 Å². The third-order valence-electron chi connectivity index (χ3n) is 5.60. The molecule has 0 saturated heterocycles. The molecule has 3 aromatic carbocycles. The Kier molecular flexibility index (Phi) is 8.04. The number of hydrogen-bond acceptors (Lipinski definition) is 6. The van der Waals surface area contributed by atoms with Crippen LogP contribution in [0.4, 0.5) is 0 Å². The number of ether oxygens (including phenoxy) is 2. The largest absolute Gasteiger partial charge is 0.490 e. The Morgan fingerprint density at radius 3 is 2.36 bits per heavy atom. The van der Waals surface area contributed by atoms with E-state index in [2.05, 4.69) is 4.72 Å². The van der Waals surface area contributed by atoms with Crippen LogP contribution in [-0.4, -0.2) is 26.2 Å². The van der Waals surface area contributed by atoms with Crippen LogP contribution >= 0.6 is 22.9 Å². The Morgan fingerprint density at radius 1 is 0.972 bits per heavy atom. The monoisotopic (exact) mass is 546 g/mol. The van der Waals surface area contributed by atoms with E-state index in [1.807, 2.05) is 32.0 Å². The molecule has 0 amide bonds. The van der Waals surface area contributed by atoms with Gasteiger partial charge in [-0.15, -0.1) is 0 Å². The Balaban J connectivity index is 1.58. The van der Waals surface area contributed by atoms with Gasteiger partial charge < -0.3 is 9.47 Å². The van der Waals surface area contributed by atoms with Crippen LogP contribution < -0.4 is 19.1 Å². The topological polar surface area (TPSA) is 86.6 Å². The Morgan fingerprint density at radius 2 is 1.67 bits per heavy atom. The summed E-state index contributed by atoms with van der Waals surface area (Å²) in [6, 6.07) is 16.9. The van der Waals surface area contributed by atoms with E-state index in [1.165, 1.54) is 6.07 Å². The molecule has 0 bridgehead atoms. The van der Waals surface area contributed by atoms with Crippen LogP contribution in [0.15, 0.2) is 70.4 Å². The molecule has 0 aliphatic heterocycles. The molecule has 36 heavy (non-hydrogen) atoms. The highest BCUT2D eigenvalue weighted by molar-refractivity contribution is 7.89.